The highest BCUT2D eigenvalue weighted by molar-refractivity contribution is 7.12. The van der Waals surface area contributed by atoms with Crippen molar-refractivity contribution in [1.82, 2.24) is 9.91 Å². The van der Waals surface area contributed by atoms with Crippen LogP contribution in [0.15, 0.2) is 70.5 Å². The third-order valence-electron chi connectivity index (χ3n) is 6.22. The van der Waals surface area contributed by atoms with Crippen molar-refractivity contribution in [2.45, 2.75) is 25.3 Å². The number of benzene rings is 1. The number of likely N-dealkylation sites (tertiary alicyclic amines) is 1. The summed E-state index contributed by atoms with van der Waals surface area (Å²) >= 11 is 3.34. The fourth-order valence-electron chi connectivity index (χ4n) is 4.49. The monoisotopic (exact) mass is 463 g/mol. The van der Waals surface area contributed by atoms with Gasteiger partial charge in [0.2, 0.25) is 0 Å². The molecule has 5 rings (SSSR count). The highest BCUT2D eigenvalue weighted by atomic mass is 32.1. The molecule has 4 heterocycles. The Balaban J connectivity index is 1.23. The summed E-state index contributed by atoms with van der Waals surface area (Å²) in [6, 6.07) is 17.7. The molecule has 2 aliphatic heterocycles. The Hall–Kier alpha value is -2.61. The molecule has 0 aliphatic carbocycles. The van der Waals surface area contributed by atoms with Gasteiger partial charge in [0.15, 0.2) is 5.78 Å². The van der Waals surface area contributed by atoms with Gasteiger partial charge >= 0.3 is 0 Å². The molecule has 1 unspecified atom stereocenters. The zero-order valence-corrected chi connectivity index (χ0v) is 19.4. The van der Waals surface area contributed by atoms with E-state index in [9.17, 15) is 9.59 Å². The Kier molecular flexibility index (Phi) is 6.30. The second-order valence-corrected chi connectivity index (χ2v) is 10.2. The van der Waals surface area contributed by atoms with E-state index in [2.05, 4.69) is 22.4 Å². The van der Waals surface area contributed by atoms with Crippen LogP contribution in [-0.2, 0) is 4.79 Å². The molecule has 1 saturated heterocycles. The molecule has 1 atom stereocenters. The van der Waals surface area contributed by atoms with Gasteiger partial charge in [0, 0.05) is 22.8 Å². The minimum atomic E-state index is -0.0307. The highest BCUT2D eigenvalue weighted by Gasteiger charge is 2.35. The zero-order valence-electron chi connectivity index (χ0n) is 17.7. The molecule has 0 N–H and O–H groups in total. The van der Waals surface area contributed by atoms with E-state index in [0.717, 1.165) is 48.5 Å². The molecule has 7 heteroatoms. The summed E-state index contributed by atoms with van der Waals surface area (Å²) in [7, 11) is 0. The van der Waals surface area contributed by atoms with Gasteiger partial charge in [-0.1, -0.05) is 42.5 Å². The third kappa shape index (κ3) is 4.46. The van der Waals surface area contributed by atoms with Gasteiger partial charge in [0.05, 0.1) is 23.2 Å². The molecule has 32 heavy (non-hydrogen) atoms. The van der Waals surface area contributed by atoms with Gasteiger partial charge in [-0.15, -0.1) is 22.7 Å². The summed E-state index contributed by atoms with van der Waals surface area (Å²) < 4.78 is 0. The van der Waals surface area contributed by atoms with Gasteiger partial charge in [-0.25, -0.2) is 5.01 Å². The van der Waals surface area contributed by atoms with E-state index in [1.165, 1.54) is 4.88 Å². The summed E-state index contributed by atoms with van der Waals surface area (Å²) in [5.41, 5.74) is 1.77. The summed E-state index contributed by atoms with van der Waals surface area (Å²) in [5.74, 6) is 0.291. The normalized spacial score (nSPS) is 19.8. The van der Waals surface area contributed by atoms with Crippen LogP contribution in [0, 0.1) is 5.92 Å². The third-order valence-corrected chi connectivity index (χ3v) is 8.11. The number of Topliss-reactive ketones (excluding diaryl/α,β-unsaturated/α-hetero) is 1. The standard InChI is InChI=1S/C25H25N3O2S2/c29-24(17-27-12-10-19(11-13-27)25(30)18-6-2-1-3-7-18)28-21(23-9-5-15-32-23)16-20(26-28)22-8-4-14-31-22/h1-9,14-15,19,21H,10-13,16-17H2. The Morgan fingerprint density at radius 2 is 1.69 bits per heavy atom. The number of nitrogens with zero attached hydrogens (tertiary/aromatic N) is 3. The van der Waals surface area contributed by atoms with Crippen molar-refractivity contribution in [3.63, 3.8) is 0 Å². The number of ketones is 1. The number of piperidine rings is 1. The minimum Gasteiger partial charge on any atom is -0.294 e. The number of hydrogen-bond acceptors (Lipinski definition) is 6. The molecule has 1 fully saturated rings. The van der Waals surface area contributed by atoms with Gasteiger partial charge in [0.1, 0.15) is 0 Å². The van der Waals surface area contributed by atoms with Crippen molar-refractivity contribution in [3.05, 3.63) is 80.7 Å². The molecule has 2 aromatic heterocycles. The van der Waals surface area contributed by atoms with E-state index in [-0.39, 0.29) is 23.7 Å². The molecule has 1 aromatic carbocycles. The Morgan fingerprint density at radius 3 is 2.38 bits per heavy atom. The van der Waals surface area contributed by atoms with Crippen LogP contribution in [0.5, 0.6) is 0 Å². The van der Waals surface area contributed by atoms with E-state index >= 15 is 0 Å². The first-order valence-corrected chi connectivity index (χ1v) is 12.7. The van der Waals surface area contributed by atoms with Crippen molar-refractivity contribution in [2.24, 2.45) is 11.0 Å². The Labute approximate surface area is 196 Å². The number of hydrazone groups is 1. The Bertz CT molecular complexity index is 1090. The highest BCUT2D eigenvalue weighted by Crippen LogP contribution is 2.36. The maximum Gasteiger partial charge on any atom is 0.257 e. The number of rotatable bonds is 6. The van der Waals surface area contributed by atoms with Crippen LogP contribution in [-0.4, -0.2) is 46.9 Å². The van der Waals surface area contributed by atoms with Gasteiger partial charge < -0.3 is 0 Å². The molecule has 3 aromatic rings. The average molecular weight is 464 g/mol. The minimum absolute atomic E-state index is 0.0304. The molecule has 0 spiro atoms. The first-order valence-electron chi connectivity index (χ1n) is 11.0. The fraction of sp³-hybridized carbons (Fsp3) is 0.320. The second kappa shape index (κ2) is 9.48. The lowest BCUT2D eigenvalue weighted by Crippen LogP contribution is -2.43. The van der Waals surface area contributed by atoms with Crippen LogP contribution in [0.2, 0.25) is 0 Å². The lowest BCUT2D eigenvalue weighted by atomic mass is 9.89. The molecule has 5 nitrogen and oxygen atoms in total. The van der Waals surface area contributed by atoms with E-state index in [4.69, 9.17) is 5.10 Å². The topological polar surface area (TPSA) is 53.0 Å². The maximum absolute atomic E-state index is 13.3. The van der Waals surface area contributed by atoms with Crippen LogP contribution in [0.3, 0.4) is 0 Å². The molecular formula is C25H25N3O2S2. The van der Waals surface area contributed by atoms with Crippen LogP contribution in [0.25, 0.3) is 0 Å². The first-order chi connectivity index (χ1) is 15.7. The Morgan fingerprint density at radius 1 is 0.938 bits per heavy atom. The summed E-state index contributed by atoms with van der Waals surface area (Å²) in [6.45, 7) is 1.86. The summed E-state index contributed by atoms with van der Waals surface area (Å²) in [4.78, 5) is 30.5. The van der Waals surface area contributed by atoms with E-state index in [1.807, 2.05) is 47.8 Å². The van der Waals surface area contributed by atoms with Crippen LogP contribution >= 0.6 is 22.7 Å². The number of carbonyl (C=O) groups is 2. The maximum atomic E-state index is 13.3. The average Bonchev–Trinajstić information content (AvgIpc) is 3.61. The predicted octanol–water partition coefficient (Wildman–Crippen LogP) is 5.08. The van der Waals surface area contributed by atoms with Crippen LogP contribution in [0.1, 0.15) is 45.4 Å². The molecular weight excluding hydrogens is 438 g/mol. The van der Waals surface area contributed by atoms with Gasteiger partial charge in [-0.05, 0) is 48.8 Å². The number of hydrogen-bond donors (Lipinski definition) is 0. The SMILES string of the molecule is O=C(c1ccccc1)C1CCN(CC(=O)N2N=C(c3cccs3)CC2c2cccs2)CC1. The number of amides is 1. The van der Waals surface area contributed by atoms with Gasteiger partial charge in [-0.3, -0.25) is 14.5 Å². The summed E-state index contributed by atoms with van der Waals surface area (Å²) in [5, 5.41) is 10.5. The van der Waals surface area contributed by atoms with Crippen molar-refractivity contribution in [3.8, 4) is 0 Å². The molecule has 0 bridgehead atoms. The fourth-order valence-corrected chi connectivity index (χ4v) is 6.02. The van der Waals surface area contributed by atoms with Crippen molar-refractivity contribution >= 4 is 40.1 Å². The lowest BCUT2D eigenvalue weighted by Gasteiger charge is -2.32. The second-order valence-electron chi connectivity index (χ2n) is 8.28. The zero-order chi connectivity index (χ0) is 21.9. The van der Waals surface area contributed by atoms with Crippen molar-refractivity contribution in [1.29, 1.82) is 0 Å². The van der Waals surface area contributed by atoms with E-state index < -0.39 is 0 Å². The number of carbonyl (C=O) groups excluding carboxylic acids is 2. The first kappa shape index (κ1) is 21.2. The largest absolute Gasteiger partial charge is 0.294 e. The van der Waals surface area contributed by atoms with E-state index in [1.54, 1.807) is 27.7 Å². The lowest BCUT2D eigenvalue weighted by molar-refractivity contribution is -0.134. The van der Waals surface area contributed by atoms with E-state index in [0.29, 0.717) is 6.54 Å². The van der Waals surface area contributed by atoms with Gasteiger partial charge in [0.25, 0.3) is 5.91 Å². The summed E-state index contributed by atoms with van der Waals surface area (Å²) in [6.07, 6.45) is 2.33. The predicted molar refractivity (Wildman–Crippen MR) is 129 cm³/mol. The molecule has 1 amide bonds. The number of thiophene rings is 2. The quantitative estimate of drug-likeness (QED) is 0.479. The van der Waals surface area contributed by atoms with Crippen LogP contribution < -0.4 is 0 Å². The van der Waals surface area contributed by atoms with Crippen molar-refractivity contribution in [2.75, 3.05) is 19.6 Å². The smallest absolute Gasteiger partial charge is 0.257 e. The van der Waals surface area contributed by atoms with Crippen LogP contribution in [0.4, 0.5) is 0 Å². The molecule has 0 radical (unpaired) electrons. The molecule has 2 aliphatic rings. The van der Waals surface area contributed by atoms with Gasteiger partial charge in [-0.2, -0.15) is 5.10 Å². The molecule has 164 valence electrons. The van der Waals surface area contributed by atoms with Crippen molar-refractivity contribution < 1.29 is 9.59 Å². The molecule has 0 saturated carbocycles.